The van der Waals surface area contributed by atoms with Gasteiger partial charge in [0.2, 0.25) is 5.91 Å². The normalized spacial score (nSPS) is 10.7. The van der Waals surface area contributed by atoms with E-state index in [1.807, 2.05) is 6.92 Å². The van der Waals surface area contributed by atoms with Crippen molar-refractivity contribution in [3.05, 3.63) is 0 Å². The van der Waals surface area contributed by atoms with Gasteiger partial charge in [-0.05, 0) is 25.8 Å². The summed E-state index contributed by atoms with van der Waals surface area (Å²) in [6.45, 7) is 7.23. The van der Waals surface area contributed by atoms with Crippen molar-refractivity contribution in [2.75, 3.05) is 32.8 Å². The summed E-state index contributed by atoms with van der Waals surface area (Å²) < 4.78 is 0. The zero-order chi connectivity index (χ0) is 11.5. The Hall–Kier alpha value is -0.610. The monoisotopic (exact) mass is 216 g/mol. The predicted octanol–water partition coefficient (Wildman–Crippen LogP) is 0.607. The van der Waals surface area contributed by atoms with Crippen LogP contribution < -0.4 is 5.32 Å². The molecule has 90 valence electrons. The number of amides is 1. The van der Waals surface area contributed by atoms with Crippen LogP contribution in [0.3, 0.4) is 0 Å². The van der Waals surface area contributed by atoms with Gasteiger partial charge in [-0.25, -0.2) is 0 Å². The molecule has 0 spiro atoms. The van der Waals surface area contributed by atoms with Gasteiger partial charge in [-0.2, -0.15) is 0 Å². The van der Waals surface area contributed by atoms with Gasteiger partial charge in [0.1, 0.15) is 0 Å². The molecule has 0 heterocycles. The zero-order valence-electron chi connectivity index (χ0n) is 9.96. The van der Waals surface area contributed by atoms with Gasteiger partial charge in [-0.15, -0.1) is 0 Å². The number of aliphatic hydroxyl groups excluding tert-OH is 1. The van der Waals surface area contributed by atoms with Crippen molar-refractivity contribution in [2.45, 2.75) is 33.1 Å². The fourth-order valence-corrected chi connectivity index (χ4v) is 1.40. The zero-order valence-corrected chi connectivity index (χ0v) is 9.96. The van der Waals surface area contributed by atoms with Crippen molar-refractivity contribution < 1.29 is 9.90 Å². The Morgan fingerprint density at radius 3 is 2.53 bits per heavy atom. The second-order valence-corrected chi connectivity index (χ2v) is 3.70. The molecule has 0 unspecified atom stereocenters. The third kappa shape index (κ3) is 8.39. The second-order valence-electron chi connectivity index (χ2n) is 3.70. The lowest BCUT2D eigenvalue weighted by Gasteiger charge is -2.20. The van der Waals surface area contributed by atoms with Gasteiger partial charge in [0, 0.05) is 19.7 Å². The van der Waals surface area contributed by atoms with E-state index in [1.54, 1.807) is 0 Å². The van der Waals surface area contributed by atoms with Crippen molar-refractivity contribution in [1.29, 1.82) is 0 Å². The Balaban J connectivity index is 3.76. The van der Waals surface area contributed by atoms with E-state index in [1.165, 1.54) is 0 Å². The van der Waals surface area contributed by atoms with E-state index < -0.39 is 0 Å². The number of rotatable bonds is 9. The summed E-state index contributed by atoms with van der Waals surface area (Å²) in [4.78, 5) is 13.5. The van der Waals surface area contributed by atoms with Crippen molar-refractivity contribution >= 4 is 5.91 Å². The number of aliphatic hydroxyl groups is 1. The van der Waals surface area contributed by atoms with Crippen LogP contribution in [0.2, 0.25) is 0 Å². The number of carbonyl (C=O) groups is 1. The van der Waals surface area contributed by atoms with Gasteiger partial charge in [0.05, 0.1) is 6.54 Å². The predicted molar refractivity (Wildman–Crippen MR) is 61.7 cm³/mol. The first-order valence-electron chi connectivity index (χ1n) is 5.84. The molecule has 0 aliphatic carbocycles. The lowest BCUT2D eigenvalue weighted by molar-refractivity contribution is -0.122. The van der Waals surface area contributed by atoms with Crippen molar-refractivity contribution in [2.24, 2.45) is 0 Å². The third-order valence-corrected chi connectivity index (χ3v) is 2.11. The highest BCUT2D eigenvalue weighted by Crippen LogP contribution is 1.93. The fraction of sp³-hybridized carbons (Fsp3) is 0.909. The Kier molecular flexibility index (Phi) is 9.52. The van der Waals surface area contributed by atoms with Crippen LogP contribution in [0.1, 0.15) is 33.1 Å². The highest BCUT2D eigenvalue weighted by atomic mass is 16.3. The largest absolute Gasteiger partial charge is 0.396 e. The maximum atomic E-state index is 11.4. The summed E-state index contributed by atoms with van der Waals surface area (Å²) in [7, 11) is 0. The van der Waals surface area contributed by atoms with Crippen LogP contribution >= 0.6 is 0 Å². The number of hydrogen-bond donors (Lipinski definition) is 2. The topological polar surface area (TPSA) is 52.6 Å². The molecule has 0 bridgehead atoms. The van der Waals surface area contributed by atoms with Crippen molar-refractivity contribution in [3.8, 4) is 0 Å². The molecule has 0 aromatic rings. The molecule has 2 N–H and O–H groups in total. The standard InChI is InChI=1S/C11H24N2O2/c1-3-6-12-11(15)10-13(7-4-2)8-5-9-14/h14H,3-10H2,1-2H3,(H,12,15). The van der Waals surface area contributed by atoms with Gasteiger partial charge in [0.25, 0.3) is 0 Å². The summed E-state index contributed by atoms with van der Waals surface area (Å²) in [5.41, 5.74) is 0. The smallest absolute Gasteiger partial charge is 0.234 e. The molecule has 4 heteroatoms. The number of carbonyl (C=O) groups excluding carboxylic acids is 1. The molecule has 0 aliphatic rings. The Morgan fingerprint density at radius 2 is 2.00 bits per heavy atom. The van der Waals surface area contributed by atoms with E-state index >= 15 is 0 Å². The van der Waals surface area contributed by atoms with E-state index in [-0.39, 0.29) is 12.5 Å². The van der Waals surface area contributed by atoms with Gasteiger partial charge in [-0.3, -0.25) is 9.69 Å². The molecule has 0 aliphatic heterocycles. The Labute approximate surface area is 92.7 Å². The summed E-state index contributed by atoms with van der Waals surface area (Å²) in [6.07, 6.45) is 2.74. The van der Waals surface area contributed by atoms with Gasteiger partial charge < -0.3 is 10.4 Å². The molecule has 15 heavy (non-hydrogen) atoms. The molecule has 0 saturated carbocycles. The average Bonchev–Trinajstić information content (AvgIpc) is 2.23. The molecule has 0 radical (unpaired) electrons. The summed E-state index contributed by atoms with van der Waals surface area (Å²) in [5.74, 6) is 0.0863. The first kappa shape index (κ1) is 14.4. The summed E-state index contributed by atoms with van der Waals surface area (Å²) in [6, 6.07) is 0. The minimum Gasteiger partial charge on any atom is -0.396 e. The van der Waals surface area contributed by atoms with Gasteiger partial charge in [-0.1, -0.05) is 13.8 Å². The molecule has 4 nitrogen and oxygen atoms in total. The van der Waals surface area contributed by atoms with Crippen LogP contribution in [0, 0.1) is 0 Å². The quantitative estimate of drug-likeness (QED) is 0.593. The molecule has 1 amide bonds. The molecular formula is C11H24N2O2. The summed E-state index contributed by atoms with van der Waals surface area (Å²) in [5, 5.41) is 11.6. The molecule has 0 aromatic carbocycles. The lowest BCUT2D eigenvalue weighted by Crippen LogP contribution is -2.38. The lowest BCUT2D eigenvalue weighted by atomic mass is 10.3. The second kappa shape index (κ2) is 9.93. The maximum absolute atomic E-state index is 11.4. The highest BCUT2D eigenvalue weighted by molar-refractivity contribution is 5.77. The molecule has 0 aromatic heterocycles. The van der Waals surface area contributed by atoms with Crippen LogP contribution in [0.5, 0.6) is 0 Å². The molecule has 0 saturated heterocycles. The molecule has 0 rings (SSSR count). The van der Waals surface area contributed by atoms with E-state index in [4.69, 9.17) is 5.11 Å². The van der Waals surface area contributed by atoms with E-state index in [0.29, 0.717) is 6.54 Å². The van der Waals surface area contributed by atoms with Crippen molar-refractivity contribution in [3.63, 3.8) is 0 Å². The Morgan fingerprint density at radius 1 is 1.27 bits per heavy atom. The van der Waals surface area contributed by atoms with Crippen LogP contribution in [-0.4, -0.2) is 48.7 Å². The first-order chi connectivity index (χ1) is 7.24. The third-order valence-electron chi connectivity index (χ3n) is 2.11. The average molecular weight is 216 g/mol. The fourth-order valence-electron chi connectivity index (χ4n) is 1.40. The number of nitrogens with one attached hydrogen (secondary N) is 1. The first-order valence-corrected chi connectivity index (χ1v) is 5.84. The van der Waals surface area contributed by atoms with E-state index in [9.17, 15) is 4.79 Å². The maximum Gasteiger partial charge on any atom is 0.234 e. The van der Waals surface area contributed by atoms with Crippen LogP contribution in [0.25, 0.3) is 0 Å². The van der Waals surface area contributed by atoms with Crippen molar-refractivity contribution in [1.82, 2.24) is 10.2 Å². The minimum atomic E-state index is 0.0863. The van der Waals surface area contributed by atoms with Gasteiger partial charge in [0.15, 0.2) is 0 Å². The molecule has 0 atom stereocenters. The van der Waals surface area contributed by atoms with Crippen LogP contribution in [0.4, 0.5) is 0 Å². The minimum absolute atomic E-state index is 0.0863. The van der Waals surface area contributed by atoms with Gasteiger partial charge >= 0.3 is 0 Å². The number of hydrogen-bond acceptors (Lipinski definition) is 3. The van der Waals surface area contributed by atoms with E-state index in [2.05, 4.69) is 17.1 Å². The van der Waals surface area contributed by atoms with E-state index in [0.717, 1.165) is 38.9 Å². The highest BCUT2D eigenvalue weighted by Gasteiger charge is 2.08. The van der Waals surface area contributed by atoms with Crippen LogP contribution in [0.15, 0.2) is 0 Å². The van der Waals surface area contributed by atoms with Crippen LogP contribution in [-0.2, 0) is 4.79 Å². The molecular weight excluding hydrogens is 192 g/mol. The SMILES string of the molecule is CCCNC(=O)CN(CCC)CCCO. The number of nitrogens with zero attached hydrogens (tertiary/aromatic N) is 1. The summed E-state index contributed by atoms with van der Waals surface area (Å²) >= 11 is 0. The molecule has 0 fully saturated rings. The Bertz CT molecular complexity index is 163.